The number of hydrogen-bond acceptors (Lipinski definition) is 14. The lowest BCUT2D eigenvalue weighted by atomic mass is 9.92. The van der Waals surface area contributed by atoms with Gasteiger partial charge in [0.05, 0.1) is 18.8 Å². The van der Waals surface area contributed by atoms with Gasteiger partial charge in [0.25, 0.3) is 0 Å². The summed E-state index contributed by atoms with van der Waals surface area (Å²) in [7, 11) is 1.24. The first-order chi connectivity index (χ1) is 20.4. The highest BCUT2D eigenvalue weighted by Gasteiger charge is 2.48. The van der Waals surface area contributed by atoms with Crippen LogP contribution in [0.3, 0.4) is 0 Å². The molecule has 14 heteroatoms. The van der Waals surface area contributed by atoms with Gasteiger partial charge in [0.2, 0.25) is 17.5 Å². The van der Waals surface area contributed by atoms with Crippen LogP contribution in [0.4, 0.5) is 0 Å². The number of methoxy groups -OCH3 is 1. The van der Waals surface area contributed by atoms with E-state index in [2.05, 4.69) is 0 Å². The molecule has 43 heavy (non-hydrogen) atoms. The number of aliphatic hydroxyl groups is 4. The van der Waals surface area contributed by atoms with Gasteiger partial charge in [-0.2, -0.15) is 0 Å². The summed E-state index contributed by atoms with van der Waals surface area (Å²) in [6.07, 6.45) is -11.5. The predicted molar refractivity (Wildman–Crippen MR) is 146 cm³/mol. The Morgan fingerprint density at radius 2 is 1.53 bits per heavy atom. The topological polar surface area (TPSA) is 218 Å². The van der Waals surface area contributed by atoms with Crippen LogP contribution in [0.1, 0.15) is 13.8 Å². The van der Waals surface area contributed by atoms with Crippen molar-refractivity contribution in [2.24, 2.45) is 5.92 Å². The normalized spacial score (nSPS) is 33.0. The largest absolute Gasteiger partial charge is 0.508 e. The van der Waals surface area contributed by atoms with Crippen LogP contribution in [-0.4, -0.2) is 105 Å². The average Bonchev–Trinajstić information content (AvgIpc) is 2.96. The van der Waals surface area contributed by atoms with Gasteiger partial charge in [0.1, 0.15) is 58.7 Å². The molecule has 5 rings (SSSR count). The first-order valence-corrected chi connectivity index (χ1v) is 13.6. The number of phenolic OH excluding ortho intramolecular Hbond substituents is 3. The highest BCUT2D eigenvalue weighted by molar-refractivity contribution is 5.88. The van der Waals surface area contributed by atoms with E-state index in [1.807, 2.05) is 0 Å². The highest BCUT2D eigenvalue weighted by Crippen LogP contribution is 2.38. The third kappa shape index (κ3) is 5.88. The molecule has 2 saturated heterocycles. The van der Waals surface area contributed by atoms with Crippen molar-refractivity contribution in [2.45, 2.75) is 69.2 Å². The van der Waals surface area contributed by atoms with Crippen molar-refractivity contribution >= 4 is 11.0 Å². The molecule has 14 nitrogen and oxygen atoms in total. The number of hydrogen-bond donors (Lipinski definition) is 7. The third-order valence-corrected chi connectivity index (χ3v) is 7.88. The summed E-state index contributed by atoms with van der Waals surface area (Å²) in [5.41, 5.74) is -0.786. The summed E-state index contributed by atoms with van der Waals surface area (Å²) in [6, 6.07) is 7.59. The molecule has 2 aromatic carbocycles. The van der Waals surface area contributed by atoms with Crippen molar-refractivity contribution in [2.75, 3.05) is 13.7 Å². The van der Waals surface area contributed by atoms with E-state index in [4.69, 9.17) is 28.1 Å². The summed E-state index contributed by atoms with van der Waals surface area (Å²) in [5, 5.41) is 72.4. The van der Waals surface area contributed by atoms with Crippen LogP contribution in [0.2, 0.25) is 0 Å². The van der Waals surface area contributed by atoms with Gasteiger partial charge in [-0.05, 0) is 31.2 Å². The van der Waals surface area contributed by atoms with Crippen LogP contribution in [-0.2, 0) is 18.9 Å². The molecule has 0 radical (unpaired) electrons. The monoisotopic (exact) mass is 606 g/mol. The average molecular weight is 607 g/mol. The molecule has 7 N–H and O–H groups in total. The standard InChI is InChI=1S/C29H34O14/c1-11-12(2)40-28(23(36)20(11)33)39-10-18-21(34)26(38-3)24(37)29(42-18)43-27-22(35)19-16(32)8-15(31)9-17(19)41-25(27)13-4-6-14(30)7-5-13/h4-9,11-12,18,20-21,23-24,26,28-34,36-37H,10H2,1-3H3/t11-,12-,18+,20+,21+,23+,24+,26-,28+,29-/m0/s1. The predicted octanol–water partition coefficient (Wildman–Crippen LogP) is 0.537. The maximum atomic E-state index is 13.7. The van der Waals surface area contributed by atoms with E-state index in [0.29, 0.717) is 0 Å². The number of phenols is 3. The number of ether oxygens (including phenoxy) is 5. The Kier molecular flexibility index (Phi) is 8.83. The number of rotatable bonds is 7. The SMILES string of the molecule is CO[C@@H]1[C@@H](O)[C@H](Oc2c(-c3ccc(O)cc3)oc3cc(O)cc(O)c3c2=O)O[C@H](CO[C@@H]2O[C@@H](C)[C@H](C)[C@@H](O)[C@H]2O)[C@H]1O. The van der Waals surface area contributed by atoms with Crippen LogP contribution in [0.15, 0.2) is 45.6 Å². The molecule has 1 aromatic heterocycles. The molecule has 0 bridgehead atoms. The molecule has 10 atom stereocenters. The van der Waals surface area contributed by atoms with Crippen molar-refractivity contribution < 1.29 is 63.8 Å². The summed E-state index contributed by atoms with van der Waals surface area (Å²) in [4.78, 5) is 13.7. The van der Waals surface area contributed by atoms with Gasteiger partial charge in [-0.3, -0.25) is 4.79 Å². The molecule has 2 aliphatic heterocycles. The molecule has 2 fully saturated rings. The van der Waals surface area contributed by atoms with Gasteiger partial charge in [-0.15, -0.1) is 0 Å². The minimum Gasteiger partial charge on any atom is -0.508 e. The number of aromatic hydroxyl groups is 3. The molecule has 0 spiro atoms. The van der Waals surface area contributed by atoms with Crippen molar-refractivity contribution in [3.8, 4) is 34.3 Å². The van der Waals surface area contributed by atoms with E-state index < -0.39 is 78.8 Å². The fourth-order valence-corrected chi connectivity index (χ4v) is 5.20. The molecule has 2 aliphatic rings. The molecular formula is C29H34O14. The quantitative estimate of drug-likeness (QED) is 0.195. The lowest BCUT2D eigenvalue weighted by Crippen LogP contribution is -2.61. The molecule has 0 amide bonds. The second-order valence-corrected chi connectivity index (χ2v) is 10.7. The van der Waals surface area contributed by atoms with Crippen molar-refractivity contribution in [1.82, 2.24) is 0 Å². The number of aliphatic hydroxyl groups excluding tert-OH is 4. The van der Waals surface area contributed by atoms with Crippen LogP contribution < -0.4 is 10.2 Å². The fraction of sp³-hybridized carbons (Fsp3) is 0.483. The Balaban J connectivity index is 1.48. The van der Waals surface area contributed by atoms with E-state index in [0.717, 1.165) is 12.1 Å². The molecule has 3 aromatic rings. The molecule has 3 heterocycles. The molecular weight excluding hydrogens is 572 g/mol. The minimum atomic E-state index is -1.65. The van der Waals surface area contributed by atoms with E-state index in [1.54, 1.807) is 13.8 Å². The molecule has 0 aliphatic carbocycles. The maximum Gasteiger partial charge on any atom is 0.239 e. The smallest absolute Gasteiger partial charge is 0.239 e. The first kappa shape index (κ1) is 31.0. The van der Waals surface area contributed by atoms with Crippen LogP contribution in [0, 0.1) is 5.92 Å². The zero-order chi connectivity index (χ0) is 31.2. The van der Waals surface area contributed by atoms with E-state index in [-0.39, 0.29) is 39.7 Å². The van der Waals surface area contributed by atoms with Gasteiger partial charge >= 0.3 is 0 Å². The fourth-order valence-electron chi connectivity index (χ4n) is 5.20. The molecule has 0 saturated carbocycles. The lowest BCUT2D eigenvalue weighted by molar-refractivity contribution is -0.314. The minimum absolute atomic E-state index is 0.0705. The van der Waals surface area contributed by atoms with Crippen molar-refractivity contribution in [1.29, 1.82) is 0 Å². The zero-order valence-electron chi connectivity index (χ0n) is 23.4. The Morgan fingerprint density at radius 1 is 0.837 bits per heavy atom. The van der Waals surface area contributed by atoms with E-state index in [1.165, 1.54) is 31.4 Å². The van der Waals surface area contributed by atoms with Gasteiger partial charge in [-0.1, -0.05) is 6.92 Å². The van der Waals surface area contributed by atoms with E-state index >= 15 is 0 Å². The Hall–Kier alpha value is -3.47. The second-order valence-electron chi connectivity index (χ2n) is 10.7. The third-order valence-electron chi connectivity index (χ3n) is 7.88. The van der Waals surface area contributed by atoms with Crippen molar-refractivity contribution in [3.05, 3.63) is 46.6 Å². The molecule has 0 unspecified atom stereocenters. The van der Waals surface area contributed by atoms with Gasteiger partial charge < -0.3 is 63.8 Å². The summed E-state index contributed by atoms with van der Waals surface area (Å²) < 4.78 is 34.2. The van der Waals surface area contributed by atoms with Crippen LogP contribution in [0.25, 0.3) is 22.3 Å². The Morgan fingerprint density at radius 3 is 2.21 bits per heavy atom. The van der Waals surface area contributed by atoms with Crippen molar-refractivity contribution in [3.63, 3.8) is 0 Å². The Bertz CT molecular complexity index is 1490. The number of benzene rings is 2. The van der Waals surface area contributed by atoms with Gasteiger partial charge in [0.15, 0.2) is 12.1 Å². The summed E-state index contributed by atoms with van der Waals surface area (Å²) in [6.45, 7) is 3.02. The van der Waals surface area contributed by atoms with Crippen LogP contribution >= 0.6 is 0 Å². The molecule has 234 valence electrons. The maximum absolute atomic E-state index is 13.7. The first-order valence-electron chi connectivity index (χ1n) is 13.6. The number of fused-ring (bicyclic) bond motifs is 1. The van der Waals surface area contributed by atoms with Gasteiger partial charge in [-0.25, -0.2) is 0 Å². The zero-order valence-corrected chi connectivity index (χ0v) is 23.4. The summed E-state index contributed by atoms with van der Waals surface area (Å²) >= 11 is 0. The second kappa shape index (κ2) is 12.3. The Labute approximate surface area is 244 Å². The van der Waals surface area contributed by atoms with Crippen LogP contribution in [0.5, 0.6) is 23.0 Å². The van der Waals surface area contributed by atoms with Gasteiger partial charge in [0, 0.05) is 30.7 Å². The highest BCUT2D eigenvalue weighted by atomic mass is 16.7. The van der Waals surface area contributed by atoms with E-state index in [9.17, 15) is 40.5 Å². The summed E-state index contributed by atoms with van der Waals surface area (Å²) in [5.74, 6) is -2.07. The lowest BCUT2D eigenvalue weighted by Gasteiger charge is -2.43.